The van der Waals surface area contributed by atoms with Gasteiger partial charge in [-0.25, -0.2) is 0 Å². The Balaban J connectivity index is 0.00000225. The van der Waals surface area contributed by atoms with Gasteiger partial charge in [-0.3, -0.25) is 4.79 Å². The minimum atomic E-state index is -0.360. The molecule has 0 aliphatic carbocycles. The summed E-state index contributed by atoms with van der Waals surface area (Å²) >= 11 is 0. The van der Waals surface area contributed by atoms with E-state index in [2.05, 4.69) is 5.32 Å². The van der Waals surface area contributed by atoms with Gasteiger partial charge in [0.2, 0.25) is 0 Å². The SMILES string of the molecule is Cc1cccc(C(=O)NC(C)(C)CN)c1.Cl. The van der Waals surface area contributed by atoms with Crippen LogP contribution in [0.3, 0.4) is 0 Å². The first-order chi connectivity index (χ1) is 6.94. The third-order valence-corrected chi connectivity index (χ3v) is 2.24. The number of rotatable bonds is 3. The van der Waals surface area contributed by atoms with Gasteiger partial charge in [0.05, 0.1) is 0 Å². The van der Waals surface area contributed by atoms with Crippen LogP contribution in [0.2, 0.25) is 0 Å². The van der Waals surface area contributed by atoms with Gasteiger partial charge in [0.1, 0.15) is 0 Å². The average molecular weight is 243 g/mol. The number of halogens is 1. The van der Waals surface area contributed by atoms with Crippen molar-refractivity contribution in [3.63, 3.8) is 0 Å². The number of hydrogen-bond donors (Lipinski definition) is 2. The van der Waals surface area contributed by atoms with Crippen LogP contribution >= 0.6 is 12.4 Å². The Morgan fingerprint density at radius 3 is 2.56 bits per heavy atom. The van der Waals surface area contributed by atoms with Crippen molar-refractivity contribution in [2.24, 2.45) is 5.73 Å². The number of carbonyl (C=O) groups excluding carboxylic acids is 1. The molecule has 0 radical (unpaired) electrons. The molecule has 1 aromatic rings. The Labute approximate surface area is 103 Å². The number of benzene rings is 1. The van der Waals surface area contributed by atoms with Crippen molar-refractivity contribution in [3.8, 4) is 0 Å². The molecule has 3 N–H and O–H groups in total. The Morgan fingerprint density at radius 1 is 1.44 bits per heavy atom. The molecule has 0 saturated heterocycles. The van der Waals surface area contributed by atoms with Crippen molar-refractivity contribution in [3.05, 3.63) is 35.4 Å². The van der Waals surface area contributed by atoms with Crippen LogP contribution in [-0.4, -0.2) is 18.0 Å². The van der Waals surface area contributed by atoms with Gasteiger partial charge in [-0.2, -0.15) is 0 Å². The van der Waals surface area contributed by atoms with E-state index in [-0.39, 0.29) is 23.9 Å². The van der Waals surface area contributed by atoms with E-state index in [4.69, 9.17) is 5.73 Å². The lowest BCUT2D eigenvalue weighted by atomic mass is 10.0. The van der Waals surface area contributed by atoms with Crippen LogP contribution in [-0.2, 0) is 0 Å². The van der Waals surface area contributed by atoms with E-state index < -0.39 is 0 Å². The Kier molecular flexibility index (Phi) is 5.48. The summed E-state index contributed by atoms with van der Waals surface area (Å²) in [5, 5.41) is 2.89. The monoisotopic (exact) mass is 242 g/mol. The fourth-order valence-corrected chi connectivity index (χ4v) is 1.22. The molecule has 4 heteroatoms. The van der Waals surface area contributed by atoms with Gasteiger partial charge in [-0.15, -0.1) is 12.4 Å². The van der Waals surface area contributed by atoms with Gasteiger partial charge < -0.3 is 11.1 Å². The molecule has 0 aliphatic heterocycles. The van der Waals surface area contributed by atoms with Gasteiger partial charge in [0, 0.05) is 17.6 Å². The van der Waals surface area contributed by atoms with Crippen molar-refractivity contribution < 1.29 is 4.79 Å². The highest BCUT2D eigenvalue weighted by molar-refractivity contribution is 5.94. The van der Waals surface area contributed by atoms with Crippen LogP contribution in [0.1, 0.15) is 29.8 Å². The van der Waals surface area contributed by atoms with Gasteiger partial charge in [-0.05, 0) is 32.9 Å². The van der Waals surface area contributed by atoms with Gasteiger partial charge in [0.15, 0.2) is 0 Å². The van der Waals surface area contributed by atoms with Crippen LogP contribution in [0, 0.1) is 6.92 Å². The molecule has 0 atom stereocenters. The van der Waals surface area contributed by atoms with E-state index in [1.54, 1.807) is 6.07 Å². The predicted octanol–water partition coefficient (Wildman–Crippen LogP) is 1.88. The molecule has 0 bridgehead atoms. The first kappa shape index (κ1) is 14.9. The summed E-state index contributed by atoms with van der Waals surface area (Å²) in [5.41, 5.74) is 6.94. The number of nitrogens with one attached hydrogen (secondary N) is 1. The van der Waals surface area contributed by atoms with Crippen molar-refractivity contribution in [1.29, 1.82) is 0 Å². The summed E-state index contributed by atoms with van der Waals surface area (Å²) in [4.78, 5) is 11.8. The highest BCUT2D eigenvalue weighted by Crippen LogP contribution is 2.06. The lowest BCUT2D eigenvalue weighted by Gasteiger charge is -2.24. The normalized spacial score (nSPS) is 10.5. The number of aryl methyl sites for hydroxylation is 1. The van der Waals surface area contributed by atoms with Gasteiger partial charge in [-0.1, -0.05) is 17.7 Å². The Bertz CT molecular complexity index is 364. The third-order valence-electron chi connectivity index (χ3n) is 2.24. The number of hydrogen-bond acceptors (Lipinski definition) is 2. The molecule has 0 heterocycles. The number of nitrogens with two attached hydrogens (primary N) is 1. The zero-order chi connectivity index (χ0) is 11.5. The number of carbonyl (C=O) groups is 1. The van der Waals surface area contributed by atoms with Crippen LogP contribution in [0.4, 0.5) is 0 Å². The predicted molar refractivity (Wildman–Crippen MR) is 69.0 cm³/mol. The van der Waals surface area contributed by atoms with E-state index in [1.807, 2.05) is 39.0 Å². The van der Waals surface area contributed by atoms with Crippen molar-refractivity contribution in [1.82, 2.24) is 5.32 Å². The molecule has 1 rings (SSSR count). The number of amides is 1. The van der Waals surface area contributed by atoms with Crippen molar-refractivity contribution in [2.45, 2.75) is 26.3 Å². The largest absolute Gasteiger partial charge is 0.346 e. The highest BCUT2D eigenvalue weighted by Gasteiger charge is 2.18. The zero-order valence-corrected chi connectivity index (χ0v) is 10.7. The second-order valence-corrected chi connectivity index (χ2v) is 4.41. The lowest BCUT2D eigenvalue weighted by molar-refractivity contribution is 0.0915. The molecular formula is C12H19ClN2O. The maximum Gasteiger partial charge on any atom is 0.251 e. The molecule has 0 saturated carbocycles. The van der Waals surface area contributed by atoms with Crippen LogP contribution in [0.15, 0.2) is 24.3 Å². The van der Waals surface area contributed by atoms with E-state index in [1.165, 1.54) is 0 Å². The van der Waals surface area contributed by atoms with Crippen molar-refractivity contribution in [2.75, 3.05) is 6.54 Å². The molecule has 0 aromatic heterocycles. The quantitative estimate of drug-likeness (QED) is 0.851. The Hall–Kier alpha value is -1.06. The second-order valence-electron chi connectivity index (χ2n) is 4.41. The fourth-order valence-electron chi connectivity index (χ4n) is 1.22. The maximum absolute atomic E-state index is 11.8. The van der Waals surface area contributed by atoms with E-state index in [9.17, 15) is 4.79 Å². The summed E-state index contributed by atoms with van der Waals surface area (Å²) < 4.78 is 0. The summed E-state index contributed by atoms with van der Waals surface area (Å²) in [5.74, 6) is -0.0749. The molecule has 90 valence electrons. The Morgan fingerprint density at radius 2 is 2.06 bits per heavy atom. The smallest absolute Gasteiger partial charge is 0.251 e. The van der Waals surface area contributed by atoms with Gasteiger partial charge >= 0.3 is 0 Å². The lowest BCUT2D eigenvalue weighted by Crippen LogP contribution is -2.48. The maximum atomic E-state index is 11.8. The standard InChI is InChI=1S/C12H18N2O.ClH/c1-9-5-4-6-10(7-9)11(15)14-12(2,3)8-13;/h4-7H,8,13H2,1-3H3,(H,14,15);1H. The molecule has 0 unspecified atom stereocenters. The highest BCUT2D eigenvalue weighted by atomic mass is 35.5. The second kappa shape index (κ2) is 5.87. The third kappa shape index (κ3) is 4.21. The van der Waals surface area contributed by atoms with Crippen LogP contribution < -0.4 is 11.1 Å². The molecule has 16 heavy (non-hydrogen) atoms. The molecule has 1 aromatic carbocycles. The molecule has 0 aliphatic rings. The fraction of sp³-hybridized carbons (Fsp3) is 0.417. The van der Waals surface area contributed by atoms with E-state index >= 15 is 0 Å². The summed E-state index contributed by atoms with van der Waals surface area (Å²) in [7, 11) is 0. The summed E-state index contributed by atoms with van der Waals surface area (Å²) in [6.45, 7) is 6.19. The minimum absolute atomic E-state index is 0. The van der Waals surface area contributed by atoms with Crippen LogP contribution in [0.25, 0.3) is 0 Å². The minimum Gasteiger partial charge on any atom is -0.346 e. The molecule has 0 spiro atoms. The topological polar surface area (TPSA) is 55.1 Å². The molecule has 3 nitrogen and oxygen atoms in total. The van der Waals surface area contributed by atoms with Gasteiger partial charge in [0.25, 0.3) is 5.91 Å². The van der Waals surface area contributed by atoms with E-state index in [0.29, 0.717) is 12.1 Å². The molecule has 1 amide bonds. The summed E-state index contributed by atoms with van der Waals surface area (Å²) in [6, 6.07) is 7.50. The first-order valence-corrected chi connectivity index (χ1v) is 5.04. The average Bonchev–Trinajstić information content (AvgIpc) is 2.17. The zero-order valence-electron chi connectivity index (χ0n) is 9.91. The van der Waals surface area contributed by atoms with Crippen molar-refractivity contribution >= 4 is 18.3 Å². The van der Waals surface area contributed by atoms with Crippen LogP contribution in [0.5, 0.6) is 0 Å². The molecule has 0 fully saturated rings. The first-order valence-electron chi connectivity index (χ1n) is 5.04. The molecular weight excluding hydrogens is 224 g/mol. The van der Waals surface area contributed by atoms with E-state index in [0.717, 1.165) is 5.56 Å². The summed E-state index contributed by atoms with van der Waals surface area (Å²) in [6.07, 6.45) is 0.